The van der Waals surface area contributed by atoms with E-state index in [9.17, 15) is 41.8 Å². The van der Waals surface area contributed by atoms with E-state index in [0.29, 0.717) is 5.69 Å². The summed E-state index contributed by atoms with van der Waals surface area (Å²) in [5, 5.41) is 18.0. The smallest absolute Gasteiger partial charge is 0.305 e. The summed E-state index contributed by atoms with van der Waals surface area (Å²) in [5.74, 6) is -13.3. The molecule has 0 saturated heterocycles. The summed E-state index contributed by atoms with van der Waals surface area (Å²) in [7, 11) is 0. The van der Waals surface area contributed by atoms with Gasteiger partial charge in [-0.3, -0.25) is 19.2 Å². The fraction of sp³-hybridized carbons (Fsp3) is 0.233. The van der Waals surface area contributed by atoms with Gasteiger partial charge in [-0.15, -0.1) is 0 Å². The van der Waals surface area contributed by atoms with Gasteiger partial charge in [0.15, 0.2) is 23.2 Å². The Morgan fingerprint density at radius 2 is 1.64 bits per heavy atom. The van der Waals surface area contributed by atoms with Crippen LogP contribution in [0, 0.1) is 23.3 Å². The summed E-state index contributed by atoms with van der Waals surface area (Å²) in [6.07, 6.45) is -1.40. The number of ketones is 1. The average Bonchev–Trinajstić information content (AvgIpc) is 3.46. The number of nitrogens with zero attached hydrogens (tertiary/aromatic N) is 1. The Bertz CT molecular complexity index is 1610. The number of benzene rings is 3. The van der Waals surface area contributed by atoms with Crippen molar-refractivity contribution >= 4 is 35.0 Å². The number of carboxylic acid groups (broad SMARTS) is 1. The largest absolute Gasteiger partial charge is 0.481 e. The number of hydrogen-bond donors (Lipinski definition) is 3. The lowest BCUT2D eigenvalue weighted by Crippen LogP contribution is -2.53. The number of carbonyl (C=O) groups is 4. The Morgan fingerprint density at radius 1 is 1.00 bits per heavy atom. The quantitative estimate of drug-likeness (QED) is 0.203. The molecule has 1 unspecified atom stereocenters. The van der Waals surface area contributed by atoms with Crippen molar-refractivity contribution in [1.82, 2.24) is 5.32 Å². The third-order valence-corrected chi connectivity index (χ3v) is 6.79. The number of ether oxygens (including phenoxy) is 1. The Hall–Kier alpha value is -5.27. The number of hydrogen-bond acceptors (Lipinski definition) is 7. The van der Waals surface area contributed by atoms with Gasteiger partial charge in [0.2, 0.25) is 17.2 Å². The first-order valence-corrected chi connectivity index (χ1v) is 13.2. The highest BCUT2D eigenvalue weighted by molar-refractivity contribution is 6.44. The van der Waals surface area contributed by atoms with Crippen LogP contribution in [0.15, 0.2) is 65.8 Å². The number of Topliss-reactive ketones (excluding diaryl/α,β-unsaturated/α-hetero) is 1. The second-order valence-electron chi connectivity index (χ2n) is 9.70. The summed E-state index contributed by atoms with van der Waals surface area (Å²) in [6.45, 7) is 0.280. The maximum Gasteiger partial charge on any atom is 0.305 e. The number of carbonyl (C=O) groups excluding carboxylic acids is 3. The molecule has 1 aliphatic heterocycles. The highest BCUT2D eigenvalue weighted by Gasteiger charge is 2.48. The molecule has 0 spiro atoms. The van der Waals surface area contributed by atoms with Gasteiger partial charge in [-0.2, -0.15) is 8.78 Å². The van der Waals surface area contributed by atoms with E-state index in [1.807, 2.05) is 30.3 Å². The SMILES string of the molecule is CCC1(C(=O)N[C@@H](CC(=O)O)C(=O)COc2c(F)c(F)cc(F)c2F)CC(C(=O)Nc2ccccc2-c2ccccc2)=NO1. The number of para-hydroxylation sites is 1. The van der Waals surface area contributed by atoms with Gasteiger partial charge in [0.1, 0.15) is 18.4 Å². The molecule has 230 valence electrons. The zero-order valence-corrected chi connectivity index (χ0v) is 23.0. The fourth-order valence-corrected chi connectivity index (χ4v) is 4.36. The molecule has 14 heteroatoms. The molecule has 4 rings (SSSR count). The molecule has 10 nitrogen and oxygen atoms in total. The minimum Gasteiger partial charge on any atom is -0.481 e. The fourth-order valence-electron chi connectivity index (χ4n) is 4.36. The van der Waals surface area contributed by atoms with Crippen LogP contribution in [0.5, 0.6) is 5.75 Å². The molecule has 0 aromatic heterocycles. The van der Waals surface area contributed by atoms with Crippen LogP contribution in [0.1, 0.15) is 26.2 Å². The molecule has 3 aromatic rings. The molecule has 0 radical (unpaired) electrons. The minimum atomic E-state index is -1.91. The molecule has 1 aliphatic rings. The second kappa shape index (κ2) is 13.4. The van der Waals surface area contributed by atoms with Crippen molar-refractivity contribution in [1.29, 1.82) is 0 Å². The summed E-state index contributed by atoms with van der Waals surface area (Å²) < 4.78 is 59.4. The van der Waals surface area contributed by atoms with Gasteiger partial charge < -0.3 is 25.3 Å². The van der Waals surface area contributed by atoms with E-state index in [0.717, 1.165) is 11.1 Å². The van der Waals surface area contributed by atoms with Crippen molar-refractivity contribution in [3.05, 3.63) is 83.9 Å². The summed E-state index contributed by atoms with van der Waals surface area (Å²) in [6, 6.07) is 14.4. The Kier molecular flexibility index (Phi) is 9.61. The predicted octanol–water partition coefficient (Wildman–Crippen LogP) is 4.38. The molecule has 0 aliphatic carbocycles. The van der Waals surface area contributed by atoms with Gasteiger partial charge in [0.25, 0.3) is 11.8 Å². The number of oxime groups is 1. The molecule has 2 atom stereocenters. The first kappa shape index (κ1) is 31.7. The van der Waals surface area contributed by atoms with Gasteiger partial charge in [-0.1, -0.05) is 60.6 Å². The molecular formula is C30H25F4N3O7. The second-order valence-corrected chi connectivity index (χ2v) is 9.70. The standard InChI is InChI=1S/C30H25F4N3O7/c1-2-30(14-22(37-44-30)28(41)35-20-11-7-6-10-17(20)16-8-4-3-5-9-16)29(42)36-21(13-24(39)40)23(38)15-43-27-25(33)18(31)12-19(32)26(27)34/h3-12,21H,2,13-15H2,1H3,(H,35,41)(H,36,42)(H,39,40)/t21-,30?/m0/s1. The van der Waals surface area contributed by atoms with E-state index in [1.54, 1.807) is 24.3 Å². The van der Waals surface area contributed by atoms with Crippen molar-refractivity contribution < 1.29 is 51.4 Å². The van der Waals surface area contributed by atoms with Crippen molar-refractivity contribution in [2.24, 2.45) is 5.16 Å². The molecule has 0 fully saturated rings. The minimum absolute atomic E-state index is 0.0583. The van der Waals surface area contributed by atoms with E-state index >= 15 is 0 Å². The monoisotopic (exact) mass is 615 g/mol. The van der Waals surface area contributed by atoms with E-state index in [2.05, 4.69) is 20.5 Å². The lowest BCUT2D eigenvalue weighted by Gasteiger charge is -2.26. The van der Waals surface area contributed by atoms with Crippen molar-refractivity contribution in [2.45, 2.75) is 37.8 Å². The molecule has 0 bridgehead atoms. The van der Waals surface area contributed by atoms with Gasteiger partial charge >= 0.3 is 5.97 Å². The normalized spacial score (nSPS) is 16.3. The molecule has 3 N–H and O–H groups in total. The van der Waals surface area contributed by atoms with E-state index < -0.39 is 77.3 Å². The van der Waals surface area contributed by atoms with E-state index in [-0.39, 0.29) is 24.6 Å². The van der Waals surface area contributed by atoms with Crippen LogP contribution in [-0.2, 0) is 24.0 Å². The lowest BCUT2D eigenvalue weighted by atomic mass is 9.92. The predicted molar refractivity (Wildman–Crippen MR) is 148 cm³/mol. The van der Waals surface area contributed by atoms with Gasteiger partial charge in [0, 0.05) is 17.3 Å². The number of aliphatic carboxylic acids is 1. The highest BCUT2D eigenvalue weighted by atomic mass is 19.2. The third kappa shape index (κ3) is 6.85. The van der Waals surface area contributed by atoms with Crippen LogP contribution in [0.25, 0.3) is 11.1 Å². The Balaban J connectivity index is 1.45. The third-order valence-electron chi connectivity index (χ3n) is 6.79. The zero-order chi connectivity index (χ0) is 32.0. The van der Waals surface area contributed by atoms with Crippen LogP contribution in [0.2, 0.25) is 0 Å². The Morgan fingerprint density at radius 3 is 2.27 bits per heavy atom. The van der Waals surface area contributed by atoms with Crippen molar-refractivity contribution in [3.63, 3.8) is 0 Å². The van der Waals surface area contributed by atoms with E-state index in [4.69, 9.17) is 4.84 Å². The number of rotatable bonds is 12. The molecule has 3 aromatic carbocycles. The highest BCUT2D eigenvalue weighted by Crippen LogP contribution is 2.31. The summed E-state index contributed by atoms with van der Waals surface area (Å²) >= 11 is 0. The number of amides is 2. The Labute approximate surface area is 247 Å². The van der Waals surface area contributed by atoms with Crippen LogP contribution in [-0.4, -0.2) is 52.6 Å². The molecule has 1 heterocycles. The molecular weight excluding hydrogens is 590 g/mol. The molecule has 2 amide bonds. The number of anilines is 1. The topological polar surface area (TPSA) is 143 Å². The van der Waals surface area contributed by atoms with Gasteiger partial charge in [0.05, 0.1) is 12.8 Å². The van der Waals surface area contributed by atoms with Crippen molar-refractivity contribution in [2.75, 3.05) is 11.9 Å². The average molecular weight is 616 g/mol. The van der Waals surface area contributed by atoms with Gasteiger partial charge in [-0.25, -0.2) is 8.78 Å². The summed E-state index contributed by atoms with van der Waals surface area (Å²) in [4.78, 5) is 55.9. The van der Waals surface area contributed by atoms with Gasteiger partial charge in [-0.05, 0) is 18.1 Å². The zero-order valence-electron chi connectivity index (χ0n) is 23.0. The number of nitrogens with one attached hydrogen (secondary N) is 2. The number of carboxylic acids is 1. The maximum absolute atomic E-state index is 13.9. The first-order chi connectivity index (χ1) is 21.0. The lowest BCUT2D eigenvalue weighted by molar-refractivity contribution is -0.148. The van der Waals surface area contributed by atoms with Crippen LogP contribution in [0.4, 0.5) is 23.2 Å². The van der Waals surface area contributed by atoms with Crippen LogP contribution >= 0.6 is 0 Å². The van der Waals surface area contributed by atoms with Crippen LogP contribution in [0.3, 0.4) is 0 Å². The molecule has 0 saturated carbocycles. The van der Waals surface area contributed by atoms with E-state index in [1.165, 1.54) is 6.92 Å². The van der Waals surface area contributed by atoms with Crippen molar-refractivity contribution in [3.8, 4) is 16.9 Å². The first-order valence-electron chi connectivity index (χ1n) is 13.2. The molecule has 44 heavy (non-hydrogen) atoms. The maximum atomic E-state index is 13.9. The summed E-state index contributed by atoms with van der Waals surface area (Å²) in [5.41, 5.74) is 0.0456. The van der Waals surface area contributed by atoms with Crippen LogP contribution < -0.4 is 15.4 Å². The number of halogens is 4.